The molecular weight excluding hydrogens is 380 g/mol. The molecule has 0 aromatic heterocycles. The fourth-order valence-electron chi connectivity index (χ4n) is 2.78. The quantitative estimate of drug-likeness (QED) is 0.501. The zero-order valence-electron chi connectivity index (χ0n) is 15.6. The number of benzene rings is 3. The lowest BCUT2D eigenvalue weighted by molar-refractivity contribution is 0.0967. The van der Waals surface area contributed by atoms with Crippen molar-refractivity contribution < 1.29 is 9.59 Å². The summed E-state index contributed by atoms with van der Waals surface area (Å²) >= 11 is 0. The number of anilines is 4. The third kappa shape index (κ3) is 4.35. The third-order valence-corrected chi connectivity index (χ3v) is 4.27. The van der Waals surface area contributed by atoms with Crippen LogP contribution in [0.4, 0.5) is 22.7 Å². The van der Waals surface area contributed by atoms with Gasteiger partial charge in [0.05, 0.1) is 45.8 Å². The molecule has 0 saturated heterocycles. The van der Waals surface area contributed by atoms with Crippen LogP contribution in [0, 0.1) is 22.7 Å². The number of nitrogens with one attached hydrogen (secondary N) is 2. The van der Waals surface area contributed by atoms with Crippen molar-refractivity contribution in [2.75, 3.05) is 10.6 Å². The van der Waals surface area contributed by atoms with Crippen LogP contribution in [-0.4, -0.2) is 11.8 Å². The van der Waals surface area contributed by atoms with Crippen LogP contribution in [-0.2, 0) is 0 Å². The standard InChI is InChI=1S/C22H16N6O2/c23-11-13-1-5-15(6-2-13)27-19-9-17(21(25)29)18(22(26)30)10-20(19)28-16-7-3-14(12-24)4-8-16/h1-10,27-28H,(H2,25,29)(H2,26,30). The highest BCUT2D eigenvalue weighted by Gasteiger charge is 2.18. The lowest BCUT2D eigenvalue weighted by Crippen LogP contribution is -2.21. The summed E-state index contributed by atoms with van der Waals surface area (Å²) in [4.78, 5) is 23.7. The van der Waals surface area contributed by atoms with Crippen molar-refractivity contribution in [3.63, 3.8) is 0 Å². The highest BCUT2D eigenvalue weighted by Crippen LogP contribution is 2.32. The maximum Gasteiger partial charge on any atom is 0.249 e. The second-order valence-electron chi connectivity index (χ2n) is 6.30. The number of rotatable bonds is 6. The highest BCUT2D eigenvalue weighted by molar-refractivity contribution is 6.08. The summed E-state index contributed by atoms with van der Waals surface area (Å²) in [6.45, 7) is 0. The van der Waals surface area contributed by atoms with Crippen LogP contribution in [0.3, 0.4) is 0 Å². The van der Waals surface area contributed by atoms with E-state index in [4.69, 9.17) is 22.0 Å². The molecular formula is C22H16N6O2. The van der Waals surface area contributed by atoms with Crippen molar-refractivity contribution in [3.05, 3.63) is 82.9 Å². The number of nitriles is 2. The molecule has 3 aromatic rings. The van der Waals surface area contributed by atoms with Gasteiger partial charge in [0.2, 0.25) is 11.8 Å². The molecule has 146 valence electrons. The van der Waals surface area contributed by atoms with E-state index < -0.39 is 11.8 Å². The van der Waals surface area contributed by atoms with Gasteiger partial charge in [0.1, 0.15) is 0 Å². The monoisotopic (exact) mass is 396 g/mol. The largest absolute Gasteiger partial charge is 0.366 e. The molecule has 0 aliphatic carbocycles. The van der Waals surface area contributed by atoms with Crippen molar-refractivity contribution in [1.82, 2.24) is 0 Å². The number of hydrogen-bond donors (Lipinski definition) is 4. The Hall–Kier alpha value is -4.82. The van der Waals surface area contributed by atoms with Crippen molar-refractivity contribution in [2.24, 2.45) is 11.5 Å². The fourth-order valence-corrected chi connectivity index (χ4v) is 2.78. The van der Waals surface area contributed by atoms with E-state index in [-0.39, 0.29) is 11.1 Å². The van der Waals surface area contributed by atoms with E-state index in [0.717, 1.165) is 0 Å². The van der Waals surface area contributed by atoms with Crippen LogP contribution in [0.1, 0.15) is 31.8 Å². The second kappa shape index (κ2) is 8.46. The molecule has 0 radical (unpaired) electrons. The van der Waals surface area contributed by atoms with Gasteiger partial charge >= 0.3 is 0 Å². The minimum Gasteiger partial charge on any atom is -0.366 e. The molecule has 6 N–H and O–H groups in total. The molecule has 0 spiro atoms. The minimum atomic E-state index is -0.795. The summed E-state index contributed by atoms with van der Waals surface area (Å²) in [7, 11) is 0. The Bertz CT molecular complexity index is 1110. The number of amides is 2. The molecule has 0 unspecified atom stereocenters. The van der Waals surface area contributed by atoms with Gasteiger partial charge in [-0.25, -0.2) is 0 Å². The summed E-state index contributed by atoms with van der Waals surface area (Å²) in [6.07, 6.45) is 0. The van der Waals surface area contributed by atoms with E-state index in [0.29, 0.717) is 33.9 Å². The topological polar surface area (TPSA) is 158 Å². The lowest BCUT2D eigenvalue weighted by Gasteiger charge is -2.17. The maximum atomic E-state index is 11.9. The van der Waals surface area contributed by atoms with Gasteiger partial charge < -0.3 is 22.1 Å². The van der Waals surface area contributed by atoms with Crippen molar-refractivity contribution in [1.29, 1.82) is 10.5 Å². The Balaban J connectivity index is 2.07. The van der Waals surface area contributed by atoms with Crippen LogP contribution < -0.4 is 22.1 Å². The van der Waals surface area contributed by atoms with Crippen molar-refractivity contribution in [2.45, 2.75) is 0 Å². The summed E-state index contributed by atoms with van der Waals surface area (Å²) in [5.74, 6) is -1.59. The first-order chi connectivity index (χ1) is 14.4. The zero-order valence-corrected chi connectivity index (χ0v) is 15.6. The summed E-state index contributed by atoms with van der Waals surface area (Å²) in [6, 6.07) is 20.3. The predicted octanol–water partition coefficient (Wildman–Crippen LogP) is 3.11. The number of nitrogens with zero attached hydrogens (tertiary/aromatic N) is 2. The summed E-state index contributed by atoms with van der Waals surface area (Å²) in [5, 5.41) is 24.2. The molecule has 0 bridgehead atoms. The molecule has 2 amide bonds. The molecule has 0 fully saturated rings. The van der Waals surface area contributed by atoms with Crippen LogP contribution in [0.5, 0.6) is 0 Å². The van der Waals surface area contributed by atoms with Gasteiger partial charge in [0, 0.05) is 11.4 Å². The average molecular weight is 396 g/mol. The zero-order chi connectivity index (χ0) is 21.7. The number of carbonyl (C=O) groups is 2. The Morgan fingerprint density at radius 3 is 1.27 bits per heavy atom. The number of primary amides is 2. The van der Waals surface area contributed by atoms with Crippen LogP contribution in [0.15, 0.2) is 60.7 Å². The predicted molar refractivity (Wildman–Crippen MR) is 112 cm³/mol. The molecule has 0 aliphatic heterocycles. The number of carbonyl (C=O) groups excluding carboxylic acids is 2. The lowest BCUT2D eigenvalue weighted by atomic mass is 10.0. The fraction of sp³-hybridized carbons (Fsp3) is 0. The Kier molecular flexibility index (Phi) is 5.62. The van der Waals surface area contributed by atoms with E-state index in [9.17, 15) is 9.59 Å². The van der Waals surface area contributed by atoms with Gasteiger partial charge in [-0.2, -0.15) is 10.5 Å². The van der Waals surface area contributed by atoms with Gasteiger partial charge in [0.15, 0.2) is 0 Å². The first-order valence-corrected chi connectivity index (χ1v) is 8.73. The minimum absolute atomic E-state index is 0.0241. The Morgan fingerprint density at radius 1 is 0.667 bits per heavy atom. The van der Waals surface area contributed by atoms with E-state index >= 15 is 0 Å². The molecule has 0 saturated carbocycles. The SMILES string of the molecule is N#Cc1ccc(Nc2cc(C(N)=O)c(C(N)=O)cc2Nc2ccc(C#N)cc2)cc1. The van der Waals surface area contributed by atoms with Gasteiger partial charge in [-0.3, -0.25) is 9.59 Å². The van der Waals surface area contributed by atoms with Gasteiger partial charge in [0.25, 0.3) is 0 Å². The van der Waals surface area contributed by atoms with Crippen molar-refractivity contribution >= 4 is 34.6 Å². The normalized spacial score (nSPS) is 9.80. The van der Waals surface area contributed by atoms with Gasteiger partial charge in [-0.1, -0.05) is 0 Å². The van der Waals surface area contributed by atoms with Gasteiger partial charge in [-0.05, 0) is 60.7 Å². The van der Waals surface area contributed by atoms with Gasteiger partial charge in [-0.15, -0.1) is 0 Å². The van der Waals surface area contributed by atoms with E-state index in [1.54, 1.807) is 48.5 Å². The average Bonchev–Trinajstić information content (AvgIpc) is 2.75. The molecule has 3 aromatic carbocycles. The smallest absolute Gasteiger partial charge is 0.249 e. The van der Waals surface area contributed by atoms with Crippen LogP contribution in [0.25, 0.3) is 0 Å². The second-order valence-corrected chi connectivity index (χ2v) is 6.30. The molecule has 3 rings (SSSR count). The first-order valence-electron chi connectivity index (χ1n) is 8.73. The number of nitrogens with two attached hydrogens (primary N) is 2. The molecule has 0 aliphatic rings. The Labute approximate surface area is 172 Å². The Morgan fingerprint density at radius 2 is 1.00 bits per heavy atom. The van der Waals surface area contributed by atoms with E-state index in [2.05, 4.69) is 10.6 Å². The summed E-state index contributed by atoms with van der Waals surface area (Å²) < 4.78 is 0. The molecule has 0 atom stereocenters. The molecule has 8 heteroatoms. The molecule has 30 heavy (non-hydrogen) atoms. The van der Waals surface area contributed by atoms with Crippen molar-refractivity contribution in [3.8, 4) is 12.1 Å². The van der Waals surface area contributed by atoms with E-state index in [1.807, 2.05) is 12.1 Å². The maximum absolute atomic E-state index is 11.9. The molecule has 8 nitrogen and oxygen atoms in total. The summed E-state index contributed by atoms with van der Waals surface area (Å²) in [5.41, 5.74) is 14.0. The van der Waals surface area contributed by atoms with Crippen LogP contribution >= 0.6 is 0 Å². The number of hydrogen-bond acceptors (Lipinski definition) is 6. The highest BCUT2D eigenvalue weighted by atomic mass is 16.2. The third-order valence-electron chi connectivity index (χ3n) is 4.27. The molecule has 0 heterocycles. The van der Waals surface area contributed by atoms with Crippen LogP contribution in [0.2, 0.25) is 0 Å². The first kappa shape index (κ1) is 19.9. The van der Waals surface area contributed by atoms with E-state index in [1.165, 1.54) is 12.1 Å².